The van der Waals surface area contributed by atoms with Gasteiger partial charge >= 0.3 is 6.03 Å². The van der Waals surface area contributed by atoms with Crippen LogP contribution in [0, 0.1) is 0 Å². The molecule has 21 heavy (non-hydrogen) atoms. The maximum absolute atomic E-state index is 11.9. The Morgan fingerprint density at radius 1 is 1.38 bits per heavy atom. The Labute approximate surface area is 122 Å². The van der Waals surface area contributed by atoms with Crippen LogP contribution in [0.2, 0.25) is 0 Å². The molecule has 0 atom stereocenters. The van der Waals surface area contributed by atoms with Gasteiger partial charge in [-0.1, -0.05) is 5.16 Å². The SMILES string of the molecule is CN(C)C(=O)N1CCC(c2nc(-c3ccco3)no2)CC1. The molecule has 1 saturated heterocycles. The van der Waals surface area contributed by atoms with E-state index < -0.39 is 0 Å². The maximum Gasteiger partial charge on any atom is 0.319 e. The van der Waals surface area contributed by atoms with E-state index in [0.717, 1.165) is 12.8 Å². The van der Waals surface area contributed by atoms with Gasteiger partial charge in [0.1, 0.15) is 0 Å². The molecule has 0 bridgehead atoms. The zero-order valence-electron chi connectivity index (χ0n) is 12.2. The number of carbonyl (C=O) groups is 1. The summed E-state index contributed by atoms with van der Waals surface area (Å²) in [6, 6.07) is 3.64. The van der Waals surface area contributed by atoms with E-state index in [2.05, 4.69) is 10.1 Å². The van der Waals surface area contributed by atoms with Gasteiger partial charge in [-0.15, -0.1) is 0 Å². The molecule has 2 amide bonds. The van der Waals surface area contributed by atoms with Crippen molar-refractivity contribution >= 4 is 6.03 Å². The first kappa shape index (κ1) is 13.7. The van der Waals surface area contributed by atoms with Crippen LogP contribution in [0.3, 0.4) is 0 Å². The van der Waals surface area contributed by atoms with E-state index in [1.54, 1.807) is 37.4 Å². The number of urea groups is 1. The number of hydrogen-bond donors (Lipinski definition) is 0. The highest BCUT2D eigenvalue weighted by atomic mass is 16.5. The molecule has 112 valence electrons. The lowest BCUT2D eigenvalue weighted by molar-refractivity contribution is 0.152. The molecular formula is C14H18N4O3. The lowest BCUT2D eigenvalue weighted by Gasteiger charge is -2.32. The van der Waals surface area contributed by atoms with Gasteiger partial charge < -0.3 is 18.7 Å². The minimum atomic E-state index is 0.0512. The van der Waals surface area contributed by atoms with Gasteiger partial charge in [0.25, 0.3) is 0 Å². The quantitative estimate of drug-likeness (QED) is 0.847. The van der Waals surface area contributed by atoms with Gasteiger partial charge in [0.2, 0.25) is 11.7 Å². The Hall–Kier alpha value is -2.31. The fourth-order valence-electron chi connectivity index (χ4n) is 2.51. The molecule has 7 nitrogen and oxygen atoms in total. The Kier molecular flexibility index (Phi) is 3.64. The van der Waals surface area contributed by atoms with Crippen LogP contribution in [0.25, 0.3) is 11.6 Å². The van der Waals surface area contributed by atoms with E-state index in [4.69, 9.17) is 8.94 Å². The van der Waals surface area contributed by atoms with Gasteiger partial charge in [-0.25, -0.2) is 4.79 Å². The van der Waals surface area contributed by atoms with Gasteiger partial charge in [-0.2, -0.15) is 4.98 Å². The number of carbonyl (C=O) groups excluding carboxylic acids is 1. The van der Waals surface area contributed by atoms with Gasteiger partial charge in [-0.05, 0) is 25.0 Å². The Morgan fingerprint density at radius 3 is 2.76 bits per heavy atom. The highest BCUT2D eigenvalue weighted by Gasteiger charge is 2.28. The molecule has 0 aliphatic carbocycles. The van der Waals surface area contributed by atoms with E-state index in [9.17, 15) is 4.79 Å². The van der Waals surface area contributed by atoms with Gasteiger partial charge in [0.05, 0.1) is 6.26 Å². The van der Waals surface area contributed by atoms with Crippen LogP contribution in [-0.2, 0) is 0 Å². The molecule has 1 fully saturated rings. The predicted molar refractivity (Wildman–Crippen MR) is 74.6 cm³/mol. The highest BCUT2D eigenvalue weighted by Crippen LogP contribution is 2.28. The minimum absolute atomic E-state index is 0.0512. The standard InChI is InChI=1S/C14H18N4O3/c1-17(2)14(19)18-7-5-10(6-8-18)13-15-12(16-21-13)11-4-3-9-20-11/h3-4,9-10H,5-8H2,1-2H3. The van der Waals surface area contributed by atoms with Crippen LogP contribution < -0.4 is 0 Å². The maximum atomic E-state index is 11.9. The summed E-state index contributed by atoms with van der Waals surface area (Å²) in [5.41, 5.74) is 0. The molecule has 0 spiro atoms. The summed E-state index contributed by atoms with van der Waals surface area (Å²) >= 11 is 0. The molecule has 0 saturated carbocycles. The Bertz CT molecular complexity index is 598. The lowest BCUT2D eigenvalue weighted by atomic mass is 9.97. The first-order chi connectivity index (χ1) is 10.1. The fourth-order valence-corrected chi connectivity index (χ4v) is 2.51. The third kappa shape index (κ3) is 2.76. The molecule has 2 aromatic rings. The first-order valence-corrected chi connectivity index (χ1v) is 6.99. The second kappa shape index (κ2) is 5.59. The van der Waals surface area contributed by atoms with Crippen LogP contribution in [0.1, 0.15) is 24.7 Å². The summed E-state index contributed by atoms with van der Waals surface area (Å²) in [5, 5.41) is 3.95. The van der Waals surface area contributed by atoms with Gasteiger partial charge in [0.15, 0.2) is 5.76 Å². The first-order valence-electron chi connectivity index (χ1n) is 6.99. The zero-order valence-corrected chi connectivity index (χ0v) is 12.2. The molecular weight excluding hydrogens is 272 g/mol. The van der Waals surface area contributed by atoms with Crippen LogP contribution in [0.15, 0.2) is 27.3 Å². The molecule has 0 unspecified atom stereocenters. The number of piperidine rings is 1. The molecule has 0 aromatic carbocycles. The molecule has 1 aliphatic heterocycles. The van der Waals surface area contributed by atoms with Crippen LogP contribution in [0.4, 0.5) is 4.79 Å². The number of furan rings is 1. The topological polar surface area (TPSA) is 75.6 Å². The smallest absolute Gasteiger partial charge is 0.319 e. The lowest BCUT2D eigenvalue weighted by Crippen LogP contribution is -2.43. The van der Waals surface area contributed by atoms with Gasteiger partial charge in [-0.3, -0.25) is 0 Å². The van der Waals surface area contributed by atoms with Crippen LogP contribution in [-0.4, -0.2) is 53.2 Å². The second-order valence-electron chi connectivity index (χ2n) is 5.37. The van der Waals surface area contributed by atoms with Crippen molar-refractivity contribution in [3.63, 3.8) is 0 Å². The van der Waals surface area contributed by atoms with Crippen molar-refractivity contribution < 1.29 is 13.7 Å². The monoisotopic (exact) mass is 290 g/mol. The van der Waals surface area contributed by atoms with Crippen LogP contribution in [0.5, 0.6) is 0 Å². The summed E-state index contributed by atoms with van der Waals surface area (Å²) in [6.07, 6.45) is 3.25. The molecule has 0 N–H and O–H groups in total. The average Bonchev–Trinajstić information content (AvgIpc) is 3.17. The van der Waals surface area contributed by atoms with Crippen molar-refractivity contribution in [1.82, 2.24) is 19.9 Å². The number of rotatable bonds is 2. The third-order valence-corrected chi connectivity index (χ3v) is 3.68. The van der Waals surface area contributed by atoms with Crippen molar-refractivity contribution in [2.45, 2.75) is 18.8 Å². The summed E-state index contributed by atoms with van der Waals surface area (Å²) in [4.78, 5) is 19.7. The van der Waals surface area contributed by atoms with Gasteiger partial charge in [0, 0.05) is 33.1 Å². The van der Waals surface area contributed by atoms with E-state index in [0.29, 0.717) is 30.6 Å². The second-order valence-corrected chi connectivity index (χ2v) is 5.37. The average molecular weight is 290 g/mol. The summed E-state index contributed by atoms with van der Waals surface area (Å²) in [6.45, 7) is 1.42. The minimum Gasteiger partial charge on any atom is -0.461 e. The van der Waals surface area contributed by atoms with Crippen molar-refractivity contribution in [1.29, 1.82) is 0 Å². The van der Waals surface area contributed by atoms with Crippen molar-refractivity contribution in [2.75, 3.05) is 27.2 Å². The number of aromatic nitrogens is 2. The number of amides is 2. The molecule has 0 radical (unpaired) electrons. The normalized spacial score (nSPS) is 16.2. The van der Waals surface area contributed by atoms with E-state index in [1.807, 2.05) is 4.90 Å². The van der Waals surface area contributed by atoms with E-state index in [-0.39, 0.29) is 11.9 Å². The molecule has 2 aromatic heterocycles. The fraction of sp³-hybridized carbons (Fsp3) is 0.500. The molecule has 3 rings (SSSR count). The molecule has 7 heteroatoms. The summed E-state index contributed by atoms with van der Waals surface area (Å²) in [7, 11) is 3.53. The molecule has 1 aliphatic rings. The number of hydrogen-bond acceptors (Lipinski definition) is 5. The predicted octanol–water partition coefficient (Wildman–Crippen LogP) is 2.19. The Balaban J connectivity index is 1.64. The summed E-state index contributed by atoms with van der Waals surface area (Å²) < 4.78 is 10.6. The molecule has 3 heterocycles. The van der Waals surface area contributed by atoms with E-state index in [1.165, 1.54) is 0 Å². The van der Waals surface area contributed by atoms with E-state index >= 15 is 0 Å². The van der Waals surface area contributed by atoms with Crippen molar-refractivity contribution in [3.8, 4) is 11.6 Å². The van der Waals surface area contributed by atoms with Crippen molar-refractivity contribution in [3.05, 3.63) is 24.3 Å². The number of likely N-dealkylation sites (tertiary alicyclic amines) is 1. The van der Waals surface area contributed by atoms with Crippen molar-refractivity contribution in [2.24, 2.45) is 0 Å². The summed E-state index contributed by atoms with van der Waals surface area (Å²) in [5.74, 6) is 1.90. The zero-order chi connectivity index (χ0) is 14.8. The highest BCUT2D eigenvalue weighted by molar-refractivity contribution is 5.73. The largest absolute Gasteiger partial charge is 0.461 e. The number of nitrogens with zero attached hydrogens (tertiary/aromatic N) is 4. The third-order valence-electron chi connectivity index (χ3n) is 3.68. The van der Waals surface area contributed by atoms with Crippen LogP contribution >= 0.6 is 0 Å². The Morgan fingerprint density at radius 2 is 2.14 bits per heavy atom.